The third kappa shape index (κ3) is 3.31. The first kappa shape index (κ1) is 12.6. The lowest BCUT2D eigenvalue weighted by Crippen LogP contribution is -2.55. The maximum atomic E-state index is 12.0. The first-order chi connectivity index (χ1) is 8.16. The zero-order valence-electron chi connectivity index (χ0n) is 10.2. The summed E-state index contributed by atoms with van der Waals surface area (Å²) in [5.74, 6) is 0. The van der Waals surface area contributed by atoms with Crippen molar-refractivity contribution in [3.8, 4) is 0 Å². The van der Waals surface area contributed by atoms with Crippen molar-refractivity contribution in [2.45, 2.75) is 31.5 Å². The highest BCUT2D eigenvalue weighted by molar-refractivity contribution is 5.74. The van der Waals surface area contributed by atoms with Crippen LogP contribution in [0.2, 0.25) is 0 Å². The largest absolute Gasteiger partial charge is 0.379 e. The van der Waals surface area contributed by atoms with E-state index >= 15 is 0 Å². The second-order valence-electron chi connectivity index (χ2n) is 4.72. The van der Waals surface area contributed by atoms with Gasteiger partial charge in [-0.3, -0.25) is 0 Å². The molecule has 2 fully saturated rings. The number of nitrogens with zero attached hydrogens (tertiary/aromatic N) is 1. The molecule has 0 aliphatic carbocycles. The first-order valence-electron chi connectivity index (χ1n) is 6.17. The summed E-state index contributed by atoms with van der Waals surface area (Å²) in [7, 11) is 0. The highest BCUT2D eigenvalue weighted by Gasteiger charge is 2.28. The van der Waals surface area contributed by atoms with Gasteiger partial charge in [0.15, 0.2) is 0 Å². The Morgan fingerprint density at radius 3 is 3.00 bits per heavy atom. The molecule has 0 aromatic carbocycles. The minimum Gasteiger partial charge on any atom is -0.379 e. The van der Waals surface area contributed by atoms with Crippen LogP contribution in [-0.2, 0) is 9.47 Å². The van der Waals surface area contributed by atoms with Crippen LogP contribution in [0, 0.1) is 0 Å². The van der Waals surface area contributed by atoms with Gasteiger partial charge in [0.1, 0.15) is 0 Å². The fraction of sp³-hybridized carbons (Fsp3) is 0.909. The molecule has 0 aromatic rings. The van der Waals surface area contributed by atoms with Crippen molar-refractivity contribution in [3.63, 3.8) is 0 Å². The van der Waals surface area contributed by atoms with Crippen molar-refractivity contribution in [1.29, 1.82) is 0 Å². The molecule has 0 bridgehead atoms. The number of morpholine rings is 1. The minimum absolute atomic E-state index is 0.0329. The van der Waals surface area contributed by atoms with E-state index in [4.69, 9.17) is 15.2 Å². The summed E-state index contributed by atoms with van der Waals surface area (Å²) < 4.78 is 10.7. The lowest BCUT2D eigenvalue weighted by Gasteiger charge is -2.35. The molecule has 6 nitrogen and oxygen atoms in total. The van der Waals surface area contributed by atoms with E-state index in [9.17, 15) is 4.79 Å². The maximum absolute atomic E-state index is 12.0. The zero-order valence-corrected chi connectivity index (χ0v) is 10.2. The highest BCUT2D eigenvalue weighted by atomic mass is 16.5. The molecule has 2 aliphatic heterocycles. The van der Waals surface area contributed by atoms with Crippen molar-refractivity contribution in [3.05, 3.63) is 0 Å². The van der Waals surface area contributed by atoms with Crippen LogP contribution in [0.25, 0.3) is 0 Å². The molecule has 6 heteroatoms. The average molecular weight is 243 g/mol. The Morgan fingerprint density at radius 2 is 2.35 bits per heavy atom. The Labute approximate surface area is 101 Å². The van der Waals surface area contributed by atoms with Crippen LogP contribution in [0.1, 0.15) is 13.3 Å². The summed E-state index contributed by atoms with van der Waals surface area (Å²) in [6, 6.07) is 0.0639. The maximum Gasteiger partial charge on any atom is 0.317 e. The second kappa shape index (κ2) is 5.66. The SMILES string of the molecule is CC(N)C1CN(C(=O)NC2CCOC2)CCO1. The molecule has 3 N–H and O–H groups in total. The van der Waals surface area contributed by atoms with Crippen LogP contribution in [-0.4, -0.2) is 62.0 Å². The van der Waals surface area contributed by atoms with Crippen molar-refractivity contribution >= 4 is 6.03 Å². The van der Waals surface area contributed by atoms with Gasteiger partial charge in [-0.25, -0.2) is 4.79 Å². The summed E-state index contributed by atoms with van der Waals surface area (Å²) in [6.07, 6.45) is 0.835. The number of urea groups is 1. The topological polar surface area (TPSA) is 76.8 Å². The normalized spacial score (nSPS) is 31.3. The fourth-order valence-corrected chi connectivity index (χ4v) is 2.09. The summed E-state index contributed by atoms with van der Waals surface area (Å²) in [6.45, 7) is 5.00. The van der Waals surface area contributed by atoms with Crippen LogP contribution in [0.3, 0.4) is 0 Å². The minimum atomic E-state index is -0.0608. The smallest absolute Gasteiger partial charge is 0.317 e. The van der Waals surface area contributed by atoms with E-state index in [1.807, 2.05) is 6.92 Å². The highest BCUT2D eigenvalue weighted by Crippen LogP contribution is 2.09. The van der Waals surface area contributed by atoms with E-state index in [0.29, 0.717) is 26.3 Å². The second-order valence-corrected chi connectivity index (χ2v) is 4.72. The molecule has 2 heterocycles. The molecule has 0 spiro atoms. The van der Waals surface area contributed by atoms with Crippen molar-refractivity contribution < 1.29 is 14.3 Å². The number of nitrogens with one attached hydrogen (secondary N) is 1. The standard InChI is InChI=1S/C11H21N3O3/c1-8(12)10-6-14(3-5-17-10)11(15)13-9-2-4-16-7-9/h8-10H,2-7,12H2,1H3,(H,13,15). The number of hydrogen-bond donors (Lipinski definition) is 2. The predicted molar refractivity (Wildman–Crippen MR) is 62.7 cm³/mol. The van der Waals surface area contributed by atoms with E-state index in [2.05, 4.69) is 5.32 Å². The van der Waals surface area contributed by atoms with Crippen LogP contribution in [0.4, 0.5) is 4.79 Å². The summed E-state index contributed by atoms with van der Waals surface area (Å²) >= 11 is 0. The molecule has 98 valence electrons. The van der Waals surface area contributed by atoms with Crippen LogP contribution in [0.5, 0.6) is 0 Å². The van der Waals surface area contributed by atoms with Gasteiger partial charge in [0, 0.05) is 19.2 Å². The quantitative estimate of drug-likeness (QED) is 0.687. The Balaban J connectivity index is 1.81. The number of rotatable bonds is 2. The Bertz CT molecular complexity index is 267. The zero-order chi connectivity index (χ0) is 12.3. The molecule has 3 atom stereocenters. The number of hydrogen-bond acceptors (Lipinski definition) is 4. The number of nitrogens with two attached hydrogens (primary N) is 1. The van der Waals surface area contributed by atoms with E-state index in [-0.39, 0.29) is 24.2 Å². The molecule has 0 radical (unpaired) electrons. The van der Waals surface area contributed by atoms with Gasteiger partial charge in [-0.15, -0.1) is 0 Å². The molecule has 2 rings (SSSR count). The number of amides is 2. The summed E-state index contributed by atoms with van der Waals surface area (Å²) in [5, 5.41) is 2.97. The van der Waals surface area contributed by atoms with E-state index < -0.39 is 0 Å². The predicted octanol–water partition coefficient (Wildman–Crippen LogP) is -0.467. The molecule has 2 amide bonds. The van der Waals surface area contributed by atoms with Gasteiger partial charge in [0.25, 0.3) is 0 Å². The monoisotopic (exact) mass is 243 g/mol. The Hall–Kier alpha value is -0.850. The van der Waals surface area contributed by atoms with Crippen LogP contribution >= 0.6 is 0 Å². The average Bonchev–Trinajstić information content (AvgIpc) is 2.82. The number of carbonyl (C=O) groups excluding carboxylic acids is 1. The summed E-state index contributed by atoms with van der Waals surface area (Å²) in [4.78, 5) is 13.8. The Morgan fingerprint density at radius 1 is 1.53 bits per heavy atom. The van der Waals surface area contributed by atoms with Crippen LogP contribution < -0.4 is 11.1 Å². The molecule has 0 aromatic heterocycles. The number of ether oxygens (including phenoxy) is 2. The van der Waals surface area contributed by atoms with Gasteiger partial charge in [-0.2, -0.15) is 0 Å². The first-order valence-corrected chi connectivity index (χ1v) is 6.17. The van der Waals surface area contributed by atoms with Gasteiger partial charge in [0.05, 0.1) is 31.9 Å². The Kier molecular flexibility index (Phi) is 4.20. The lowest BCUT2D eigenvalue weighted by molar-refractivity contribution is -0.0241. The molecule has 2 aliphatic rings. The van der Waals surface area contributed by atoms with Gasteiger partial charge in [-0.1, -0.05) is 0 Å². The van der Waals surface area contributed by atoms with E-state index in [1.165, 1.54) is 0 Å². The van der Waals surface area contributed by atoms with Gasteiger partial charge in [-0.05, 0) is 13.3 Å². The molecule has 2 saturated heterocycles. The molecule has 17 heavy (non-hydrogen) atoms. The van der Waals surface area contributed by atoms with Gasteiger partial charge in [0.2, 0.25) is 0 Å². The van der Waals surface area contributed by atoms with E-state index in [0.717, 1.165) is 13.0 Å². The van der Waals surface area contributed by atoms with Crippen molar-refractivity contribution in [2.75, 3.05) is 32.9 Å². The molecular weight excluding hydrogens is 222 g/mol. The third-order valence-corrected chi connectivity index (χ3v) is 3.22. The van der Waals surface area contributed by atoms with Crippen molar-refractivity contribution in [1.82, 2.24) is 10.2 Å². The fourth-order valence-electron chi connectivity index (χ4n) is 2.09. The molecule has 3 unspecified atom stereocenters. The third-order valence-electron chi connectivity index (χ3n) is 3.22. The van der Waals surface area contributed by atoms with E-state index in [1.54, 1.807) is 4.90 Å². The van der Waals surface area contributed by atoms with Crippen LogP contribution in [0.15, 0.2) is 0 Å². The summed E-state index contributed by atoms with van der Waals surface area (Å²) in [5.41, 5.74) is 5.79. The van der Waals surface area contributed by atoms with Gasteiger partial charge < -0.3 is 25.4 Å². The molecular formula is C11H21N3O3. The van der Waals surface area contributed by atoms with Gasteiger partial charge >= 0.3 is 6.03 Å². The molecule has 0 saturated carbocycles. The lowest BCUT2D eigenvalue weighted by atomic mass is 10.1. The van der Waals surface area contributed by atoms with Crippen molar-refractivity contribution in [2.24, 2.45) is 5.73 Å². The number of carbonyl (C=O) groups is 1.